The van der Waals surface area contributed by atoms with Crippen molar-refractivity contribution in [3.05, 3.63) is 59.7 Å². The van der Waals surface area contributed by atoms with Gasteiger partial charge < -0.3 is 4.42 Å². The summed E-state index contributed by atoms with van der Waals surface area (Å²) in [5, 5.41) is 4.19. The molecular formula is C18H20F2N4O. The molecular weight excluding hydrogens is 326 g/mol. The van der Waals surface area contributed by atoms with E-state index in [0.717, 1.165) is 31.4 Å². The fraction of sp³-hybridized carbons (Fsp3) is 0.333. The number of hydrogen-bond donors (Lipinski definition) is 0. The van der Waals surface area contributed by atoms with E-state index in [2.05, 4.69) is 21.9 Å². The molecule has 0 bridgehead atoms. The summed E-state index contributed by atoms with van der Waals surface area (Å²) in [5.41, 5.74) is 0.913. The average Bonchev–Trinajstić information content (AvgIpc) is 3.21. The molecule has 3 rings (SSSR count). The molecule has 132 valence electrons. The summed E-state index contributed by atoms with van der Waals surface area (Å²) in [4.78, 5) is 6.62. The van der Waals surface area contributed by atoms with Crippen molar-refractivity contribution in [3.8, 4) is 11.5 Å². The highest BCUT2D eigenvalue weighted by Gasteiger charge is 2.17. The summed E-state index contributed by atoms with van der Waals surface area (Å²) in [7, 11) is 0. The highest BCUT2D eigenvalue weighted by atomic mass is 19.1. The lowest BCUT2D eigenvalue weighted by atomic mass is 10.2. The van der Waals surface area contributed by atoms with E-state index in [1.807, 2.05) is 16.9 Å². The Balaban J connectivity index is 1.72. The zero-order valence-corrected chi connectivity index (χ0v) is 14.2. The third kappa shape index (κ3) is 4.11. The molecule has 0 unspecified atom stereocenters. The summed E-state index contributed by atoms with van der Waals surface area (Å²) < 4.78 is 34.5. The van der Waals surface area contributed by atoms with Gasteiger partial charge >= 0.3 is 0 Å². The van der Waals surface area contributed by atoms with Crippen LogP contribution in [0.3, 0.4) is 0 Å². The minimum absolute atomic E-state index is 0.162. The van der Waals surface area contributed by atoms with E-state index in [1.165, 1.54) is 12.1 Å². The number of benzene rings is 1. The number of nitrogens with zero attached hydrogens (tertiary/aromatic N) is 4. The van der Waals surface area contributed by atoms with Crippen molar-refractivity contribution in [2.45, 2.75) is 26.9 Å². The molecule has 0 spiro atoms. The zero-order valence-electron chi connectivity index (χ0n) is 14.2. The van der Waals surface area contributed by atoms with Crippen LogP contribution in [0.2, 0.25) is 0 Å². The van der Waals surface area contributed by atoms with Gasteiger partial charge in [-0.3, -0.25) is 9.58 Å². The van der Waals surface area contributed by atoms with Crippen LogP contribution in [-0.4, -0.2) is 32.8 Å². The third-order valence-corrected chi connectivity index (χ3v) is 4.08. The molecule has 2 heterocycles. The van der Waals surface area contributed by atoms with Gasteiger partial charge in [-0.1, -0.05) is 6.92 Å². The Morgan fingerprint density at radius 3 is 2.80 bits per heavy atom. The molecule has 0 fully saturated rings. The van der Waals surface area contributed by atoms with Crippen molar-refractivity contribution < 1.29 is 13.2 Å². The van der Waals surface area contributed by atoms with Crippen LogP contribution >= 0.6 is 0 Å². The molecule has 3 aromatic rings. The number of hydrogen-bond acceptors (Lipinski definition) is 4. The van der Waals surface area contributed by atoms with Gasteiger partial charge in [0, 0.05) is 31.5 Å². The van der Waals surface area contributed by atoms with Gasteiger partial charge in [-0.2, -0.15) is 5.10 Å². The number of likely N-dealkylation sites (N-methyl/N-ethyl adjacent to an activating group) is 1. The number of oxazole rings is 1. The number of aromatic nitrogens is 3. The van der Waals surface area contributed by atoms with E-state index < -0.39 is 11.6 Å². The van der Waals surface area contributed by atoms with E-state index in [1.54, 1.807) is 13.1 Å². The average molecular weight is 346 g/mol. The van der Waals surface area contributed by atoms with Crippen LogP contribution in [0.25, 0.3) is 11.5 Å². The van der Waals surface area contributed by atoms with Crippen LogP contribution in [0.4, 0.5) is 8.78 Å². The largest absolute Gasteiger partial charge is 0.441 e. The van der Waals surface area contributed by atoms with Crippen molar-refractivity contribution in [2.75, 3.05) is 13.1 Å². The van der Waals surface area contributed by atoms with Crippen LogP contribution in [0.15, 0.2) is 41.1 Å². The zero-order chi connectivity index (χ0) is 17.8. The van der Waals surface area contributed by atoms with Gasteiger partial charge in [0.25, 0.3) is 0 Å². The van der Waals surface area contributed by atoms with Crippen molar-refractivity contribution in [1.82, 2.24) is 19.7 Å². The smallest absolute Gasteiger partial charge is 0.229 e. The Kier molecular flexibility index (Phi) is 5.23. The lowest BCUT2D eigenvalue weighted by Gasteiger charge is -2.19. The van der Waals surface area contributed by atoms with Crippen LogP contribution in [0.1, 0.15) is 18.4 Å². The first-order chi connectivity index (χ1) is 12.1. The third-order valence-electron chi connectivity index (χ3n) is 4.08. The van der Waals surface area contributed by atoms with Gasteiger partial charge in [-0.15, -0.1) is 0 Å². The Bertz CT molecular complexity index is 830. The number of aryl methyl sites for hydroxylation is 1. The second-order valence-corrected chi connectivity index (χ2v) is 5.78. The summed E-state index contributed by atoms with van der Waals surface area (Å²) in [6, 6.07) is 5.26. The van der Waals surface area contributed by atoms with E-state index in [-0.39, 0.29) is 11.5 Å². The van der Waals surface area contributed by atoms with E-state index in [0.29, 0.717) is 12.3 Å². The number of halogens is 2. The molecule has 5 nitrogen and oxygen atoms in total. The quantitative estimate of drug-likeness (QED) is 0.655. The fourth-order valence-corrected chi connectivity index (χ4v) is 2.59. The first-order valence-corrected chi connectivity index (χ1v) is 8.18. The molecule has 0 aliphatic carbocycles. The first-order valence-electron chi connectivity index (χ1n) is 8.18. The summed E-state index contributed by atoms with van der Waals surface area (Å²) in [6.07, 6.45) is 3.67. The predicted octanol–water partition coefficient (Wildman–Crippen LogP) is 3.65. The minimum atomic E-state index is -0.682. The maximum absolute atomic E-state index is 13.9. The highest BCUT2D eigenvalue weighted by molar-refractivity contribution is 5.54. The monoisotopic (exact) mass is 346 g/mol. The molecule has 0 radical (unpaired) electrons. The van der Waals surface area contributed by atoms with Gasteiger partial charge in [0.15, 0.2) is 0 Å². The van der Waals surface area contributed by atoms with Gasteiger partial charge in [-0.25, -0.2) is 13.8 Å². The van der Waals surface area contributed by atoms with Crippen molar-refractivity contribution >= 4 is 0 Å². The Hall–Kier alpha value is -2.54. The summed E-state index contributed by atoms with van der Waals surface area (Å²) in [6.45, 7) is 6.89. The highest BCUT2D eigenvalue weighted by Crippen LogP contribution is 2.25. The molecule has 2 aromatic heterocycles. The molecule has 0 saturated heterocycles. The molecule has 0 amide bonds. The van der Waals surface area contributed by atoms with E-state index in [9.17, 15) is 8.78 Å². The number of rotatable bonds is 7. The second kappa shape index (κ2) is 7.57. The van der Waals surface area contributed by atoms with Crippen LogP contribution in [0.5, 0.6) is 0 Å². The minimum Gasteiger partial charge on any atom is -0.441 e. The van der Waals surface area contributed by atoms with E-state index in [4.69, 9.17) is 4.42 Å². The SMILES string of the molecule is CCN(CCn1cccn1)Cc1nc(-c2ccc(F)cc2F)oc1C. The maximum Gasteiger partial charge on any atom is 0.229 e. The molecule has 1 aromatic carbocycles. The summed E-state index contributed by atoms with van der Waals surface area (Å²) in [5.74, 6) is -0.497. The first kappa shape index (κ1) is 17.3. The molecule has 0 aliphatic heterocycles. The van der Waals surface area contributed by atoms with Gasteiger partial charge in [0.2, 0.25) is 5.89 Å². The Morgan fingerprint density at radius 1 is 1.28 bits per heavy atom. The molecule has 0 aliphatic rings. The standard InChI is InChI=1S/C18H20F2N4O/c1-3-23(9-10-24-8-4-7-21-24)12-17-13(2)25-18(22-17)15-6-5-14(19)11-16(15)20/h4-8,11H,3,9-10,12H2,1-2H3. The maximum atomic E-state index is 13.9. The van der Waals surface area contributed by atoms with Crippen molar-refractivity contribution in [3.63, 3.8) is 0 Å². The fourth-order valence-electron chi connectivity index (χ4n) is 2.59. The molecule has 7 heteroatoms. The van der Waals surface area contributed by atoms with Crippen molar-refractivity contribution in [2.24, 2.45) is 0 Å². The molecule has 0 saturated carbocycles. The van der Waals surface area contributed by atoms with Gasteiger partial charge in [0.1, 0.15) is 17.4 Å². The Morgan fingerprint density at radius 2 is 2.12 bits per heavy atom. The molecule has 0 N–H and O–H groups in total. The second-order valence-electron chi connectivity index (χ2n) is 5.78. The van der Waals surface area contributed by atoms with Gasteiger partial charge in [-0.05, 0) is 31.7 Å². The predicted molar refractivity (Wildman–Crippen MR) is 89.8 cm³/mol. The van der Waals surface area contributed by atoms with Crippen LogP contribution < -0.4 is 0 Å². The van der Waals surface area contributed by atoms with Crippen LogP contribution in [-0.2, 0) is 13.1 Å². The van der Waals surface area contributed by atoms with Gasteiger partial charge in [0.05, 0.1) is 17.8 Å². The summed E-state index contributed by atoms with van der Waals surface area (Å²) >= 11 is 0. The topological polar surface area (TPSA) is 47.1 Å². The Labute approximate surface area is 144 Å². The van der Waals surface area contributed by atoms with Crippen LogP contribution in [0, 0.1) is 18.6 Å². The molecule has 0 atom stereocenters. The lowest BCUT2D eigenvalue weighted by Crippen LogP contribution is -2.27. The van der Waals surface area contributed by atoms with Crippen molar-refractivity contribution in [1.29, 1.82) is 0 Å². The lowest BCUT2D eigenvalue weighted by molar-refractivity contribution is 0.259. The molecule has 25 heavy (non-hydrogen) atoms. The normalized spacial score (nSPS) is 11.4. The van der Waals surface area contributed by atoms with E-state index >= 15 is 0 Å².